The molecule has 2 heterocycles. The molecule has 2 aliphatic heterocycles. The van der Waals surface area contributed by atoms with Crippen molar-refractivity contribution in [3.8, 4) is 0 Å². The maximum Gasteiger partial charge on any atom is 0.416 e. The van der Waals surface area contributed by atoms with E-state index in [0.29, 0.717) is 18.7 Å². The quantitative estimate of drug-likeness (QED) is 0.753. The van der Waals surface area contributed by atoms with E-state index in [-0.39, 0.29) is 26.2 Å². The molecule has 0 aliphatic carbocycles. The lowest BCUT2D eigenvalue weighted by Crippen LogP contribution is -2.52. The number of nitrogens with zero attached hydrogens (tertiary/aromatic N) is 1. The lowest BCUT2D eigenvalue weighted by Gasteiger charge is -2.39. The predicted octanol–water partition coefficient (Wildman–Crippen LogP) is 2.74. The van der Waals surface area contributed by atoms with Gasteiger partial charge >= 0.3 is 12.4 Å². The van der Waals surface area contributed by atoms with E-state index in [2.05, 4.69) is 0 Å². The summed E-state index contributed by atoms with van der Waals surface area (Å²) >= 11 is 0. The summed E-state index contributed by atoms with van der Waals surface area (Å²) in [6, 6.07) is 5.02. The lowest BCUT2D eigenvalue weighted by atomic mass is 9.96. The first-order valence-electron chi connectivity index (χ1n) is 8.94. The molecule has 0 saturated carbocycles. The molecule has 162 valence electrons. The van der Waals surface area contributed by atoms with Crippen LogP contribution in [0.1, 0.15) is 17.5 Å². The van der Waals surface area contributed by atoms with Gasteiger partial charge in [0.2, 0.25) is 5.91 Å². The second-order valence-corrected chi connectivity index (χ2v) is 7.28. The van der Waals surface area contributed by atoms with E-state index < -0.39 is 42.1 Å². The molecular formula is C18H20F6N2O3. The van der Waals surface area contributed by atoms with Gasteiger partial charge in [-0.1, -0.05) is 18.2 Å². The van der Waals surface area contributed by atoms with Crippen LogP contribution >= 0.6 is 0 Å². The minimum atomic E-state index is -4.52. The topological polar surface area (TPSA) is 50.8 Å². The van der Waals surface area contributed by atoms with Crippen molar-refractivity contribution in [3.05, 3.63) is 35.4 Å². The van der Waals surface area contributed by atoms with Crippen molar-refractivity contribution < 1.29 is 40.6 Å². The van der Waals surface area contributed by atoms with Crippen LogP contribution < -0.4 is 5.32 Å². The fourth-order valence-corrected chi connectivity index (χ4v) is 3.55. The van der Waals surface area contributed by atoms with Gasteiger partial charge in [0.1, 0.15) is 18.2 Å². The second-order valence-electron chi connectivity index (χ2n) is 7.28. The van der Waals surface area contributed by atoms with E-state index in [9.17, 15) is 31.1 Å². The van der Waals surface area contributed by atoms with E-state index in [0.717, 1.165) is 12.1 Å². The largest absolute Gasteiger partial charge is 0.416 e. The van der Waals surface area contributed by atoms with Gasteiger partial charge in [0, 0.05) is 26.1 Å². The van der Waals surface area contributed by atoms with E-state index in [1.165, 1.54) is 6.07 Å². The van der Waals surface area contributed by atoms with E-state index >= 15 is 0 Å². The Kier molecular flexibility index (Phi) is 6.11. The molecule has 2 fully saturated rings. The van der Waals surface area contributed by atoms with Crippen molar-refractivity contribution in [3.63, 3.8) is 0 Å². The Labute approximate surface area is 162 Å². The van der Waals surface area contributed by atoms with Crippen molar-refractivity contribution in [2.75, 3.05) is 32.8 Å². The maximum absolute atomic E-state index is 12.9. The van der Waals surface area contributed by atoms with Gasteiger partial charge in [-0.3, -0.25) is 9.69 Å². The molecule has 11 heteroatoms. The molecule has 2 atom stereocenters. The molecule has 3 rings (SSSR count). The molecule has 0 bridgehead atoms. The highest BCUT2D eigenvalue weighted by atomic mass is 19.4. The Hall–Kier alpha value is -1.85. The SMILES string of the molecule is O=C(NCC(F)(F)F)C1CC2(CO1)CN(Cc1cccc(C(F)(F)F)c1)CCO2. The number of hydrogen-bond acceptors (Lipinski definition) is 4. The molecular weight excluding hydrogens is 406 g/mol. The van der Waals surface area contributed by atoms with Crippen molar-refractivity contribution in [1.29, 1.82) is 0 Å². The first-order chi connectivity index (χ1) is 13.5. The number of amides is 1. The Morgan fingerprint density at radius 2 is 2.00 bits per heavy atom. The molecule has 2 saturated heterocycles. The summed E-state index contributed by atoms with van der Waals surface area (Å²) in [5.74, 6) is -0.863. The highest BCUT2D eigenvalue weighted by Crippen LogP contribution is 2.33. The number of nitrogens with one attached hydrogen (secondary N) is 1. The van der Waals surface area contributed by atoms with Gasteiger partial charge in [0.05, 0.1) is 18.8 Å². The molecule has 0 radical (unpaired) electrons. The summed E-state index contributed by atoms with van der Waals surface area (Å²) in [4.78, 5) is 13.8. The van der Waals surface area contributed by atoms with Gasteiger partial charge in [0.15, 0.2) is 0 Å². The van der Waals surface area contributed by atoms with Crippen molar-refractivity contribution in [2.45, 2.75) is 37.0 Å². The van der Waals surface area contributed by atoms with Gasteiger partial charge < -0.3 is 14.8 Å². The standard InChI is InChI=1S/C18H20F6N2O3/c19-17(20,21)9-25-15(27)14-7-16(11-28-14)10-26(4-5-29-16)8-12-2-1-3-13(6-12)18(22,23)24/h1-3,6,14H,4-5,7-11H2,(H,25,27). The third kappa shape index (κ3) is 5.83. The molecule has 5 nitrogen and oxygen atoms in total. The molecule has 0 aromatic heterocycles. The number of alkyl halides is 6. The van der Waals surface area contributed by atoms with Gasteiger partial charge in [-0.2, -0.15) is 26.3 Å². The number of benzene rings is 1. The van der Waals surface area contributed by atoms with Crippen LogP contribution in [0.2, 0.25) is 0 Å². The van der Waals surface area contributed by atoms with Crippen LogP contribution in [0.25, 0.3) is 0 Å². The van der Waals surface area contributed by atoms with Gasteiger partial charge in [-0.15, -0.1) is 0 Å². The molecule has 1 aromatic carbocycles. The number of carbonyl (C=O) groups is 1. The number of rotatable bonds is 4. The second kappa shape index (κ2) is 8.11. The molecule has 2 unspecified atom stereocenters. The van der Waals surface area contributed by atoms with Crippen molar-refractivity contribution in [1.82, 2.24) is 10.2 Å². The zero-order valence-corrected chi connectivity index (χ0v) is 15.3. The smallest absolute Gasteiger partial charge is 0.370 e. The third-order valence-electron chi connectivity index (χ3n) is 4.85. The number of carbonyl (C=O) groups excluding carboxylic acids is 1. The van der Waals surface area contributed by atoms with Crippen LogP contribution in [0, 0.1) is 0 Å². The Morgan fingerprint density at radius 3 is 2.69 bits per heavy atom. The first-order valence-corrected chi connectivity index (χ1v) is 8.94. The fourth-order valence-electron chi connectivity index (χ4n) is 3.55. The zero-order valence-electron chi connectivity index (χ0n) is 15.3. The molecule has 1 N–H and O–H groups in total. The fraction of sp³-hybridized carbons (Fsp3) is 0.611. The van der Waals surface area contributed by atoms with Crippen LogP contribution in [0.4, 0.5) is 26.3 Å². The number of halogens is 6. The van der Waals surface area contributed by atoms with Crippen LogP contribution in [0.15, 0.2) is 24.3 Å². The van der Waals surface area contributed by atoms with Crippen LogP contribution in [0.3, 0.4) is 0 Å². The van der Waals surface area contributed by atoms with E-state index in [4.69, 9.17) is 9.47 Å². The Balaban J connectivity index is 1.59. The molecule has 29 heavy (non-hydrogen) atoms. The Morgan fingerprint density at radius 1 is 1.24 bits per heavy atom. The molecule has 1 spiro atoms. The highest BCUT2D eigenvalue weighted by molar-refractivity contribution is 5.81. The van der Waals surface area contributed by atoms with E-state index in [1.54, 1.807) is 11.4 Å². The number of hydrogen-bond donors (Lipinski definition) is 1. The third-order valence-corrected chi connectivity index (χ3v) is 4.85. The minimum absolute atomic E-state index is 0.0240. The van der Waals surface area contributed by atoms with Gasteiger partial charge in [-0.05, 0) is 11.6 Å². The van der Waals surface area contributed by atoms with Gasteiger partial charge in [-0.25, -0.2) is 0 Å². The summed E-state index contributed by atoms with van der Waals surface area (Å²) in [5, 5.41) is 1.79. The highest BCUT2D eigenvalue weighted by Gasteiger charge is 2.47. The van der Waals surface area contributed by atoms with Gasteiger partial charge in [0.25, 0.3) is 0 Å². The first kappa shape index (κ1) is 21.8. The minimum Gasteiger partial charge on any atom is -0.370 e. The normalized spacial score (nSPS) is 26.1. The molecule has 1 amide bonds. The predicted molar refractivity (Wildman–Crippen MR) is 88.8 cm³/mol. The summed E-state index contributed by atoms with van der Waals surface area (Å²) in [6.45, 7) is -0.119. The number of ether oxygens (including phenoxy) is 2. The summed E-state index contributed by atoms with van der Waals surface area (Å²) in [5.41, 5.74) is -1.13. The van der Waals surface area contributed by atoms with Crippen LogP contribution in [-0.2, 0) is 27.0 Å². The monoisotopic (exact) mass is 426 g/mol. The molecule has 1 aromatic rings. The molecule has 2 aliphatic rings. The summed E-state index contributed by atoms with van der Waals surface area (Å²) in [7, 11) is 0. The van der Waals surface area contributed by atoms with Crippen molar-refractivity contribution >= 4 is 5.91 Å². The zero-order chi connectivity index (χ0) is 21.3. The number of morpholine rings is 1. The Bertz CT molecular complexity index is 739. The lowest BCUT2D eigenvalue weighted by molar-refractivity contribution is -0.143. The van der Waals surface area contributed by atoms with Crippen LogP contribution in [-0.4, -0.2) is 61.5 Å². The average Bonchev–Trinajstić information content (AvgIpc) is 3.02. The van der Waals surface area contributed by atoms with E-state index in [1.807, 2.05) is 4.90 Å². The summed E-state index contributed by atoms with van der Waals surface area (Å²) < 4.78 is 86.5. The maximum atomic E-state index is 12.9. The average molecular weight is 426 g/mol. The van der Waals surface area contributed by atoms with Crippen LogP contribution in [0.5, 0.6) is 0 Å². The van der Waals surface area contributed by atoms with Crippen molar-refractivity contribution in [2.24, 2.45) is 0 Å². The summed E-state index contributed by atoms with van der Waals surface area (Å²) in [6.07, 6.45) is -9.94.